The Hall–Kier alpha value is -2.15. The predicted molar refractivity (Wildman–Crippen MR) is 74.4 cm³/mol. The summed E-state index contributed by atoms with van der Waals surface area (Å²) in [5.41, 5.74) is 4.73. The number of nitrogens with zero attached hydrogens (tertiary/aromatic N) is 4. The average molecular weight is 261 g/mol. The maximum absolute atomic E-state index is 5.48. The quantitative estimate of drug-likeness (QED) is 0.532. The van der Waals surface area contributed by atoms with Crippen molar-refractivity contribution in [2.45, 2.75) is 26.3 Å². The second-order valence-corrected chi connectivity index (χ2v) is 4.32. The van der Waals surface area contributed by atoms with Gasteiger partial charge in [0, 0.05) is 30.9 Å². The fourth-order valence-corrected chi connectivity index (χ4v) is 1.92. The lowest BCUT2D eigenvalue weighted by atomic mass is 10.1. The van der Waals surface area contributed by atoms with Crippen LogP contribution in [0.15, 0.2) is 18.7 Å². The molecular weight excluding hydrogens is 242 g/mol. The second-order valence-electron chi connectivity index (χ2n) is 4.32. The van der Waals surface area contributed by atoms with Crippen molar-refractivity contribution in [3.8, 4) is 0 Å². The van der Waals surface area contributed by atoms with Gasteiger partial charge >= 0.3 is 0 Å². The van der Waals surface area contributed by atoms with Crippen molar-refractivity contribution < 1.29 is 0 Å². The number of anilines is 2. The van der Waals surface area contributed by atoms with Gasteiger partial charge in [-0.15, -0.1) is 0 Å². The van der Waals surface area contributed by atoms with Crippen molar-refractivity contribution >= 4 is 11.6 Å². The van der Waals surface area contributed by atoms with E-state index < -0.39 is 0 Å². The van der Waals surface area contributed by atoms with Gasteiger partial charge in [0.2, 0.25) is 0 Å². The molecule has 0 aliphatic rings. The van der Waals surface area contributed by atoms with Crippen LogP contribution in [0.3, 0.4) is 0 Å². The largest absolute Gasteiger partial charge is 0.365 e. The Kier molecular flexibility index (Phi) is 4.30. The van der Waals surface area contributed by atoms with Crippen molar-refractivity contribution in [2.24, 2.45) is 12.9 Å². The fourth-order valence-electron chi connectivity index (χ4n) is 1.92. The molecule has 0 bridgehead atoms. The molecule has 7 nitrogen and oxygen atoms in total. The SMILES string of the molecule is CCCc1c(NN)ncnc1NCc1cnn(C)c1. The number of nitrogen functional groups attached to an aromatic ring is 1. The van der Waals surface area contributed by atoms with Crippen molar-refractivity contribution in [2.75, 3.05) is 10.7 Å². The molecule has 0 aliphatic carbocycles. The zero-order valence-electron chi connectivity index (χ0n) is 11.2. The lowest BCUT2D eigenvalue weighted by Crippen LogP contribution is -2.14. The average Bonchev–Trinajstić information content (AvgIpc) is 2.83. The molecule has 19 heavy (non-hydrogen) atoms. The first-order chi connectivity index (χ1) is 9.24. The molecule has 4 N–H and O–H groups in total. The van der Waals surface area contributed by atoms with E-state index in [4.69, 9.17) is 5.84 Å². The molecule has 0 atom stereocenters. The summed E-state index contributed by atoms with van der Waals surface area (Å²) in [4.78, 5) is 8.41. The summed E-state index contributed by atoms with van der Waals surface area (Å²) in [5.74, 6) is 6.96. The maximum atomic E-state index is 5.48. The van der Waals surface area contributed by atoms with Crippen LogP contribution in [0, 0.1) is 0 Å². The van der Waals surface area contributed by atoms with Gasteiger partial charge in [0.05, 0.1) is 6.20 Å². The minimum Gasteiger partial charge on any atom is -0.365 e. The van der Waals surface area contributed by atoms with Gasteiger partial charge in [-0.2, -0.15) is 5.10 Å². The van der Waals surface area contributed by atoms with E-state index in [2.05, 4.69) is 32.7 Å². The Balaban J connectivity index is 2.14. The Morgan fingerprint density at radius 2 is 2.11 bits per heavy atom. The number of hydrogen-bond donors (Lipinski definition) is 3. The molecule has 2 aromatic rings. The van der Waals surface area contributed by atoms with Crippen LogP contribution in [0.25, 0.3) is 0 Å². The smallest absolute Gasteiger partial charge is 0.148 e. The first kappa shape index (κ1) is 13.3. The van der Waals surface area contributed by atoms with Crippen LogP contribution in [0.4, 0.5) is 11.6 Å². The van der Waals surface area contributed by atoms with Gasteiger partial charge in [-0.3, -0.25) is 4.68 Å². The van der Waals surface area contributed by atoms with E-state index in [9.17, 15) is 0 Å². The first-order valence-electron chi connectivity index (χ1n) is 6.26. The number of aryl methyl sites for hydroxylation is 1. The molecule has 0 unspecified atom stereocenters. The van der Waals surface area contributed by atoms with Crippen LogP contribution >= 0.6 is 0 Å². The predicted octanol–water partition coefficient (Wildman–Crippen LogP) is 1.06. The van der Waals surface area contributed by atoms with E-state index in [0.717, 1.165) is 29.8 Å². The third kappa shape index (κ3) is 3.19. The lowest BCUT2D eigenvalue weighted by molar-refractivity contribution is 0.767. The maximum Gasteiger partial charge on any atom is 0.148 e. The summed E-state index contributed by atoms with van der Waals surface area (Å²) < 4.78 is 1.77. The van der Waals surface area contributed by atoms with Gasteiger partial charge in [-0.1, -0.05) is 13.3 Å². The highest BCUT2D eigenvalue weighted by Gasteiger charge is 2.09. The van der Waals surface area contributed by atoms with Gasteiger partial charge in [0.25, 0.3) is 0 Å². The number of aromatic nitrogens is 4. The van der Waals surface area contributed by atoms with Crippen molar-refractivity contribution in [1.29, 1.82) is 0 Å². The van der Waals surface area contributed by atoms with Gasteiger partial charge in [-0.25, -0.2) is 15.8 Å². The number of nitrogens with one attached hydrogen (secondary N) is 2. The lowest BCUT2D eigenvalue weighted by Gasteiger charge is -2.12. The van der Waals surface area contributed by atoms with E-state index in [1.165, 1.54) is 6.33 Å². The normalized spacial score (nSPS) is 10.5. The summed E-state index contributed by atoms with van der Waals surface area (Å²) in [6, 6.07) is 0. The molecular formula is C12H19N7. The monoisotopic (exact) mass is 261 g/mol. The van der Waals surface area contributed by atoms with Crippen LogP contribution in [0.1, 0.15) is 24.5 Å². The van der Waals surface area contributed by atoms with Crippen molar-refractivity contribution in [1.82, 2.24) is 19.7 Å². The summed E-state index contributed by atoms with van der Waals surface area (Å²) in [6.07, 6.45) is 7.17. The van der Waals surface area contributed by atoms with Gasteiger partial charge in [-0.05, 0) is 6.42 Å². The number of nitrogens with two attached hydrogens (primary N) is 1. The Bertz CT molecular complexity index is 535. The molecule has 7 heteroatoms. The van der Waals surface area contributed by atoms with Crippen LogP contribution in [0.2, 0.25) is 0 Å². The standard InChI is InChI=1S/C12H19N7/c1-3-4-10-11(15-8-16-12(10)18-13)14-5-9-6-17-19(2)7-9/h6-8H,3-5,13H2,1-2H3,(H2,14,15,16,18). The number of rotatable bonds is 6. The molecule has 2 heterocycles. The molecule has 0 fully saturated rings. The molecule has 0 amide bonds. The van der Waals surface area contributed by atoms with E-state index in [1.54, 1.807) is 4.68 Å². The third-order valence-corrected chi connectivity index (χ3v) is 2.80. The van der Waals surface area contributed by atoms with Gasteiger partial charge in [0.15, 0.2) is 0 Å². The molecule has 0 saturated carbocycles. The molecule has 0 saturated heterocycles. The van der Waals surface area contributed by atoms with Crippen LogP contribution in [-0.4, -0.2) is 19.7 Å². The fraction of sp³-hybridized carbons (Fsp3) is 0.417. The Morgan fingerprint density at radius 3 is 2.74 bits per heavy atom. The van der Waals surface area contributed by atoms with Crippen LogP contribution in [-0.2, 0) is 20.0 Å². The molecule has 0 aliphatic heterocycles. The molecule has 2 rings (SSSR count). The zero-order valence-corrected chi connectivity index (χ0v) is 11.2. The second kappa shape index (κ2) is 6.14. The third-order valence-electron chi connectivity index (χ3n) is 2.80. The molecule has 0 spiro atoms. The molecule has 0 radical (unpaired) electrons. The van der Waals surface area contributed by atoms with E-state index in [0.29, 0.717) is 12.4 Å². The highest BCUT2D eigenvalue weighted by molar-refractivity contribution is 5.57. The summed E-state index contributed by atoms with van der Waals surface area (Å²) in [6.45, 7) is 2.78. The molecule has 0 aromatic carbocycles. The summed E-state index contributed by atoms with van der Waals surface area (Å²) in [7, 11) is 1.90. The number of hydrogen-bond acceptors (Lipinski definition) is 6. The van der Waals surface area contributed by atoms with E-state index >= 15 is 0 Å². The topological polar surface area (TPSA) is 93.7 Å². The van der Waals surface area contributed by atoms with E-state index in [1.807, 2.05) is 19.4 Å². The minimum atomic E-state index is 0.672. The Labute approximate surface area is 112 Å². The molecule has 102 valence electrons. The van der Waals surface area contributed by atoms with Gasteiger partial charge < -0.3 is 10.7 Å². The van der Waals surface area contributed by atoms with Gasteiger partial charge in [0.1, 0.15) is 18.0 Å². The highest BCUT2D eigenvalue weighted by Crippen LogP contribution is 2.21. The summed E-state index contributed by atoms with van der Waals surface area (Å²) in [5, 5.41) is 7.44. The highest BCUT2D eigenvalue weighted by atomic mass is 15.3. The van der Waals surface area contributed by atoms with Crippen molar-refractivity contribution in [3.63, 3.8) is 0 Å². The number of hydrazine groups is 1. The summed E-state index contributed by atoms with van der Waals surface area (Å²) >= 11 is 0. The van der Waals surface area contributed by atoms with Crippen LogP contribution < -0.4 is 16.6 Å². The van der Waals surface area contributed by atoms with E-state index in [-0.39, 0.29) is 0 Å². The van der Waals surface area contributed by atoms with Crippen LogP contribution in [0.5, 0.6) is 0 Å². The zero-order chi connectivity index (χ0) is 13.7. The minimum absolute atomic E-state index is 0.672. The molecule has 2 aromatic heterocycles. The van der Waals surface area contributed by atoms with Crippen molar-refractivity contribution in [3.05, 3.63) is 29.8 Å². The first-order valence-corrected chi connectivity index (χ1v) is 6.26. The Morgan fingerprint density at radius 1 is 1.32 bits per heavy atom.